The van der Waals surface area contributed by atoms with E-state index in [9.17, 15) is 14.9 Å². The van der Waals surface area contributed by atoms with Crippen LogP contribution < -0.4 is 9.64 Å². The average Bonchev–Trinajstić information content (AvgIpc) is 3.02. The van der Waals surface area contributed by atoms with Crippen LogP contribution in [-0.4, -0.2) is 34.8 Å². The van der Waals surface area contributed by atoms with Crippen molar-refractivity contribution < 1.29 is 19.2 Å². The van der Waals surface area contributed by atoms with Crippen LogP contribution in [-0.2, 0) is 10.2 Å². The number of aromatic nitrogens is 1. The van der Waals surface area contributed by atoms with Crippen molar-refractivity contribution in [3.63, 3.8) is 0 Å². The number of non-ortho nitro benzene ring substituents is 1. The molecule has 0 radical (unpaired) electrons. The summed E-state index contributed by atoms with van der Waals surface area (Å²) in [6.45, 7) is 4.76. The molecule has 0 amide bonds. The maximum atomic E-state index is 12.4. The normalized spacial score (nSPS) is 19.3. The van der Waals surface area contributed by atoms with Crippen molar-refractivity contribution in [2.75, 3.05) is 18.1 Å². The number of para-hydroxylation sites is 1. The lowest BCUT2D eigenvalue weighted by Gasteiger charge is -2.47. The molecule has 3 aromatic rings. The Kier molecular flexibility index (Phi) is 5.08. The molecule has 34 heavy (non-hydrogen) atoms. The second-order valence-electron chi connectivity index (χ2n) is 8.78. The van der Waals surface area contributed by atoms with Gasteiger partial charge in [0.2, 0.25) is 5.72 Å². The van der Waals surface area contributed by atoms with Gasteiger partial charge in [-0.05, 0) is 55.8 Å². The van der Waals surface area contributed by atoms with Crippen LogP contribution in [0.3, 0.4) is 0 Å². The zero-order valence-corrected chi connectivity index (χ0v) is 18.8. The van der Waals surface area contributed by atoms with Crippen molar-refractivity contribution in [1.29, 1.82) is 0 Å². The minimum absolute atomic E-state index is 0.0109. The number of hydrogen-bond donors (Lipinski definition) is 0. The van der Waals surface area contributed by atoms with Crippen molar-refractivity contribution >= 4 is 23.4 Å². The van der Waals surface area contributed by atoms with Gasteiger partial charge in [0.25, 0.3) is 5.69 Å². The number of fused-ring (bicyclic) bond motifs is 2. The first-order valence-electron chi connectivity index (χ1n) is 10.9. The third kappa shape index (κ3) is 3.30. The average molecular weight is 457 g/mol. The highest BCUT2D eigenvalue weighted by molar-refractivity contribution is 5.89. The van der Waals surface area contributed by atoms with Crippen LogP contribution >= 0.6 is 0 Å². The van der Waals surface area contributed by atoms with E-state index in [0.717, 1.165) is 11.3 Å². The Hall–Kier alpha value is -4.20. The highest BCUT2D eigenvalue weighted by Crippen LogP contribution is 2.54. The van der Waals surface area contributed by atoms with E-state index in [4.69, 9.17) is 9.47 Å². The maximum Gasteiger partial charge on any atom is 0.338 e. The van der Waals surface area contributed by atoms with Gasteiger partial charge in [-0.25, -0.2) is 4.79 Å². The predicted molar refractivity (Wildman–Crippen MR) is 127 cm³/mol. The van der Waals surface area contributed by atoms with Crippen LogP contribution in [0.2, 0.25) is 0 Å². The molecule has 8 heteroatoms. The summed E-state index contributed by atoms with van der Waals surface area (Å²) in [5.74, 6) is 0.147. The van der Waals surface area contributed by atoms with Crippen molar-refractivity contribution in [3.05, 3.63) is 99.9 Å². The van der Waals surface area contributed by atoms with Crippen LogP contribution in [0.4, 0.5) is 11.4 Å². The predicted octanol–water partition coefficient (Wildman–Crippen LogP) is 4.75. The lowest BCUT2D eigenvalue weighted by molar-refractivity contribution is -0.384. The molecule has 172 valence electrons. The first-order chi connectivity index (χ1) is 16.3. The minimum atomic E-state index is -0.900. The molecule has 0 saturated heterocycles. The van der Waals surface area contributed by atoms with Crippen molar-refractivity contribution in [1.82, 2.24) is 4.98 Å². The van der Waals surface area contributed by atoms with E-state index in [2.05, 4.69) is 29.8 Å². The molecule has 1 atom stereocenters. The fourth-order valence-electron chi connectivity index (χ4n) is 4.79. The lowest BCUT2D eigenvalue weighted by Crippen LogP contribution is -2.60. The van der Waals surface area contributed by atoms with Gasteiger partial charge in [0.1, 0.15) is 12.4 Å². The lowest BCUT2D eigenvalue weighted by atomic mass is 9.76. The molecule has 3 heterocycles. The molecule has 0 N–H and O–H groups in total. The number of hydrogen-bond acceptors (Lipinski definition) is 7. The van der Waals surface area contributed by atoms with E-state index < -0.39 is 22.0 Å². The van der Waals surface area contributed by atoms with Gasteiger partial charge in [0.05, 0.1) is 22.4 Å². The number of nitrogens with zero attached hydrogens (tertiary/aromatic N) is 3. The van der Waals surface area contributed by atoms with Crippen LogP contribution in [0, 0.1) is 10.1 Å². The second-order valence-corrected chi connectivity index (χ2v) is 8.78. The Labute approximate surface area is 196 Å². The molecule has 1 aromatic heterocycles. The first-order valence-corrected chi connectivity index (χ1v) is 10.9. The zero-order valence-electron chi connectivity index (χ0n) is 18.8. The van der Waals surface area contributed by atoms with Crippen LogP contribution in [0.1, 0.15) is 35.3 Å². The quantitative estimate of drug-likeness (QED) is 0.310. The number of carbonyl (C=O) groups is 1. The monoisotopic (exact) mass is 457 g/mol. The summed E-state index contributed by atoms with van der Waals surface area (Å²) in [6.07, 6.45) is 6.92. The highest BCUT2D eigenvalue weighted by Gasteiger charge is 2.58. The summed E-state index contributed by atoms with van der Waals surface area (Å²) in [7, 11) is 0. The number of nitro groups is 1. The van der Waals surface area contributed by atoms with Crippen molar-refractivity contribution in [2.45, 2.75) is 25.0 Å². The molecule has 5 rings (SSSR count). The third-order valence-corrected chi connectivity index (χ3v) is 6.59. The van der Waals surface area contributed by atoms with E-state index in [-0.39, 0.29) is 12.3 Å². The maximum absolute atomic E-state index is 12.4. The Morgan fingerprint density at radius 3 is 2.68 bits per heavy atom. The number of rotatable bonds is 5. The van der Waals surface area contributed by atoms with Crippen molar-refractivity contribution in [3.8, 4) is 5.75 Å². The van der Waals surface area contributed by atoms with E-state index in [1.807, 2.05) is 30.4 Å². The van der Waals surface area contributed by atoms with Gasteiger partial charge >= 0.3 is 5.97 Å². The number of ether oxygens (including phenoxy) is 2. The highest BCUT2D eigenvalue weighted by atomic mass is 16.6. The van der Waals surface area contributed by atoms with E-state index in [1.54, 1.807) is 30.6 Å². The van der Waals surface area contributed by atoms with Crippen LogP contribution in [0.15, 0.2) is 73.1 Å². The van der Waals surface area contributed by atoms with Gasteiger partial charge in [-0.2, -0.15) is 0 Å². The van der Waals surface area contributed by atoms with E-state index >= 15 is 0 Å². The fourth-order valence-corrected chi connectivity index (χ4v) is 4.79. The minimum Gasteiger partial charge on any atom is -0.463 e. The Morgan fingerprint density at radius 1 is 1.15 bits per heavy atom. The third-order valence-electron chi connectivity index (χ3n) is 6.59. The van der Waals surface area contributed by atoms with Gasteiger partial charge in [-0.15, -0.1) is 0 Å². The van der Waals surface area contributed by atoms with Gasteiger partial charge in [-0.3, -0.25) is 15.1 Å². The molecule has 0 aliphatic carbocycles. The smallest absolute Gasteiger partial charge is 0.338 e. The number of anilines is 1. The molecule has 0 saturated carbocycles. The largest absolute Gasteiger partial charge is 0.463 e. The standard InChI is InChI=1S/C26H23N3O5/c1-25(2)21-5-3-4-6-22(21)28(15-16-33-24(30)18-10-13-27-14-11-18)26(25)12-9-19-17-20(29(31)32)7-8-23(19)34-26/h3-14,17H,15-16H2,1-2H3/t26-/m1/s1. The number of benzene rings is 2. The van der Waals surface area contributed by atoms with Gasteiger partial charge < -0.3 is 14.4 Å². The molecule has 1 spiro atoms. The molecular weight excluding hydrogens is 434 g/mol. The fraction of sp³-hybridized carbons (Fsp3) is 0.231. The van der Waals surface area contributed by atoms with Crippen LogP contribution in [0.5, 0.6) is 5.75 Å². The van der Waals surface area contributed by atoms with Crippen LogP contribution in [0.25, 0.3) is 6.08 Å². The first kappa shape index (κ1) is 21.6. The molecule has 0 unspecified atom stereocenters. The number of esters is 1. The summed E-state index contributed by atoms with van der Waals surface area (Å²) < 4.78 is 12.2. The number of nitro benzene ring substituents is 1. The SMILES string of the molecule is CC1(C)c2ccccc2N(CCOC(=O)c2ccncc2)[C@@]12C=Cc1cc([N+](=O)[O-])ccc1O2. The van der Waals surface area contributed by atoms with E-state index in [1.165, 1.54) is 12.1 Å². The van der Waals surface area contributed by atoms with Gasteiger partial charge in [-0.1, -0.05) is 18.2 Å². The zero-order chi connectivity index (χ0) is 23.9. The summed E-state index contributed by atoms with van der Waals surface area (Å²) in [5, 5.41) is 11.2. The Morgan fingerprint density at radius 2 is 1.91 bits per heavy atom. The summed E-state index contributed by atoms with van der Waals surface area (Å²) in [5.41, 5.74) is 1.83. The molecular formula is C26H23N3O5. The van der Waals surface area contributed by atoms with E-state index in [0.29, 0.717) is 23.4 Å². The van der Waals surface area contributed by atoms with Crippen molar-refractivity contribution in [2.24, 2.45) is 0 Å². The molecule has 0 fully saturated rings. The molecule has 2 aromatic carbocycles. The number of carbonyl (C=O) groups excluding carboxylic acids is 1. The van der Waals surface area contributed by atoms with Gasteiger partial charge in [0, 0.05) is 35.8 Å². The Bertz CT molecular complexity index is 1300. The Balaban J connectivity index is 1.47. The van der Waals surface area contributed by atoms with Gasteiger partial charge in [0.15, 0.2) is 0 Å². The number of pyridine rings is 1. The topological polar surface area (TPSA) is 94.8 Å². The molecule has 2 aliphatic heterocycles. The molecule has 0 bridgehead atoms. The molecule has 8 nitrogen and oxygen atoms in total. The summed E-state index contributed by atoms with van der Waals surface area (Å²) in [4.78, 5) is 29.3. The summed E-state index contributed by atoms with van der Waals surface area (Å²) in [6, 6.07) is 15.9. The summed E-state index contributed by atoms with van der Waals surface area (Å²) >= 11 is 0. The molecule has 2 aliphatic rings. The second kappa shape index (κ2) is 7.98.